The fourth-order valence-electron chi connectivity index (χ4n) is 1.77. The lowest BCUT2D eigenvalue weighted by Gasteiger charge is -2.22. The van der Waals surface area contributed by atoms with Crippen LogP contribution < -0.4 is 4.90 Å². The van der Waals surface area contributed by atoms with Gasteiger partial charge in [0.2, 0.25) is 0 Å². The average Bonchev–Trinajstić information content (AvgIpc) is 2.52. The van der Waals surface area contributed by atoms with Crippen LogP contribution in [0.3, 0.4) is 0 Å². The average molecular weight is 198 g/mol. The Bertz CT molecular complexity index is 303. The molecule has 0 N–H and O–H groups in total. The second-order valence-electron chi connectivity index (χ2n) is 3.38. The van der Waals surface area contributed by atoms with Crippen molar-refractivity contribution in [3.63, 3.8) is 0 Å². The van der Waals surface area contributed by atoms with E-state index in [0.29, 0.717) is 11.1 Å². The summed E-state index contributed by atoms with van der Waals surface area (Å²) in [5, 5.41) is 0.649. The molecule has 1 atom stereocenters. The molecule has 4 heteroatoms. The van der Waals surface area contributed by atoms with Gasteiger partial charge in [0.25, 0.3) is 0 Å². The molecule has 2 heterocycles. The summed E-state index contributed by atoms with van der Waals surface area (Å²) in [7, 11) is 0. The van der Waals surface area contributed by atoms with Gasteiger partial charge in [0, 0.05) is 12.6 Å². The summed E-state index contributed by atoms with van der Waals surface area (Å²) in [6.07, 6.45) is 5.64. The number of hydrogen-bond acceptors (Lipinski definition) is 3. The largest absolute Gasteiger partial charge is 0.353 e. The molecule has 3 nitrogen and oxygen atoms in total. The van der Waals surface area contributed by atoms with Crippen molar-refractivity contribution in [2.75, 3.05) is 11.4 Å². The maximum Gasteiger partial charge on any atom is 0.151 e. The third-order valence-electron chi connectivity index (χ3n) is 2.47. The highest BCUT2D eigenvalue weighted by Crippen LogP contribution is 2.28. The molecule has 0 radical (unpaired) electrons. The molecule has 1 aromatic rings. The Hall–Kier alpha value is -0.830. The molecule has 70 valence electrons. The first kappa shape index (κ1) is 8.75. The Kier molecular flexibility index (Phi) is 2.36. The predicted molar refractivity (Wildman–Crippen MR) is 53.1 cm³/mol. The zero-order valence-electron chi connectivity index (χ0n) is 7.57. The van der Waals surface area contributed by atoms with Crippen molar-refractivity contribution in [2.24, 2.45) is 0 Å². The van der Waals surface area contributed by atoms with E-state index in [-0.39, 0.29) is 0 Å². The summed E-state index contributed by atoms with van der Waals surface area (Å²) in [5.74, 6) is 0.877. The maximum atomic E-state index is 6.00. The van der Waals surface area contributed by atoms with Gasteiger partial charge in [-0.3, -0.25) is 0 Å². The number of hydrogen-bond donors (Lipinski definition) is 0. The zero-order valence-corrected chi connectivity index (χ0v) is 8.33. The van der Waals surface area contributed by atoms with Crippen LogP contribution in [0.2, 0.25) is 5.02 Å². The maximum absolute atomic E-state index is 6.00. The van der Waals surface area contributed by atoms with E-state index in [9.17, 15) is 0 Å². The fraction of sp³-hybridized carbons (Fsp3) is 0.556. The smallest absolute Gasteiger partial charge is 0.151 e. The van der Waals surface area contributed by atoms with E-state index in [4.69, 9.17) is 11.6 Å². The van der Waals surface area contributed by atoms with E-state index in [2.05, 4.69) is 21.8 Å². The Morgan fingerprint density at radius 2 is 2.46 bits per heavy atom. The Morgan fingerprint density at radius 3 is 3.08 bits per heavy atom. The highest BCUT2D eigenvalue weighted by molar-refractivity contribution is 6.32. The Balaban J connectivity index is 2.29. The summed E-state index contributed by atoms with van der Waals surface area (Å²) in [4.78, 5) is 10.3. The van der Waals surface area contributed by atoms with E-state index in [0.717, 1.165) is 12.4 Å². The molecule has 1 aliphatic heterocycles. The zero-order chi connectivity index (χ0) is 9.26. The number of nitrogens with zero attached hydrogens (tertiary/aromatic N) is 3. The predicted octanol–water partition coefficient (Wildman–Crippen LogP) is 2.12. The van der Waals surface area contributed by atoms with Gasteiger partial charge in [-0.2, -0.15) is 0 Å². The molecular weight excluding hydrogens is 186 g/mol. The molecule has 1 aliphatic rings. The molecule has 0 spiro atoms. The van der Waals surface area contributed by atoms with Crippen LogP contribution in [-0.2, 0) is 0 Å². The van der Waals surface area contributed by atoms with Crippen LogP contribution in [0.15, 0.2) is 12.5 Å². The van der Waals surface area contributed by atoms with Crippen LogP contribution in [0.5, 0.6) is 0 Å². The van der Waals surface area contributed by atoms with Crippen LogP contribution in [0.25, 0.3) is 0 Å². The molecule has 1 unspecified atom stereocenters. The van der Waals surface area contributed by atoms with Crippen molar-refractivity contribution in [3.8, 4) is 0 Å². The van der Waals surface area contributed by atoms with Crippen molar-refractivity contribution in [2.45, 2.75) is 25.8 Å². The van der Waals surface area contributed by atoms with Crippen LogP contribution in [-0.4, -0.2) is 22.6 Å². The number of halogens is 1. The van der Waals surface area contributed by atoms with Gasteiger partial charge >= 0.3 is 0 Å². The second-order valence-corrected chi connectivity index (χ2v) is 3.79. The molecule has 0 aliphatic carbocycles. The third-order valence-corrected chi connectivity index (χ3v) is 2.74. The topological polar surface area (TPSA) is 29.0 Å². The van der Waals surface area contributed by atoms with Crippen molar-refractivity contribution in [1.82, 2.24) is 9.97 Å². The van der Waals surface area contributed by atoms with Gasteiger partial charge in [-0.05, 0) is 19.8 Å². The lowest BCUT2D eigenvalue weighted by molar-refractivity contribution is 0.726. The minimum absolute atomic E-state index is 0.549. The summed E-state index contributed by atoms with van der Waals surface area (Å²) >= 11 is 6.00. The monoisotopic (exact) mass is 197 g/mol. The molecule has 1 fully saturated rings. The molecule has 0 bridgehead atoms. The van der Waals surface area contributed by atoms with Crippen LogP contribution in [0.4, 0.5) is 5.82 Å². The number of rotatable bonds is 1. The van der Waals surface area contributed by atoms with Crippen molar-refractivity contribution in [1.29, 1.82) is 0 Å². The molecular formula is C9H12ClN3. The van der Waals surface area contributed by atoms with Crippen molar-refractivity contribution < 1.29 is 0 Å². The van der Waals surface area contributed by atoms with E-state index in [1.165, 1.54) is 12.8 Å². The Morgan fingerprint density at radius 1 is 1.62 bits per heavy atom. The molecule has 0 saturated carbocycles. The lowest BCUT2D eigenvalue weighted by atomic mass is 10.2. The fourth-order valence-corrected chi connectivity index (χ4v) is 1.98. The van der Waals surface area contributed by atoms with E-state index < -0.39 is 0 Å². The molecule has 1 saturated heterocycles. The molecule has 2 rings (SSSR count). The summed E-state index contributed by atoms with van der Waals surface area (Å²) in [6.45, 7) is 3.25. The van der Waals surface area contributed by atoms with Gasteiger partial charge < -0.3 is 4.90 Å². The molecule has 13 heavy (non-hydrogen) atoms. The number of anilines is 1. The number of aromatic nitrogens is 2. The van der Waals surface area contributed by atoms with Crippen molar-refractivity contribution >= 4 is 17.4 Å². The molecule has 0 amide bonds. The van der Waals surface area contributed by atoms with E-state index in [1.54, 1.807) is 12.5 Å². The summed E-state index contributed by atoms with van der Waals surface area (Å²) in [5.41, 5.74) is 0. The second kappa shape index (κ2) is 3.50. The highest BCUT2D eigenvalue weighted by Gasteiger charge is 2.23. The normalized spacial score (nSPS) is 22.3. The van der Waals surface area contributed by atoms with Crippen LogP contribution in [0.1, 0.15) is 19.8 Å². The summed E-state index contributed by atoms with van der Waals surface area (Å²) < 4.78 is 0. The standard InChI is InChI=1S/C9H12ClN3/c1-7-3-2-4-13(7)9-8(10)5-11-6-12-9/h5-7H,2-4H2,1H3. The van der Waals surface area contributed by atoms with Crippen LogP contribution >= 0.6 is 11.6 Å². The lowest BCUT2D eigenvalue weighted by Crippen LogP contribution is -2.27. The first-order valence-electron chi connectivity index (χ1n) is 4.51. The van der Waals surface area contributed by atoms with Crippen molar-refractivity contribution in [3.05, 3.63) is 17.5 Å². The first-order valence-corrected chi connectivity index (χ1v) is 4.89. The quantitative estimate of drug-likeness (QED) is 0.691. The van der Waals surface area contributed by atoms with Gasteiger partial charge in [-0.25, -0.2) is 9.97 Å². The minimum Gasteiger partial charge on any atom is -0.353 e. The van der Waals surface area contributed by atoms with Gasteiger partial charge in [0.1, 0.15) is 11.3 Å². The molecule has 0 aromatic carbocycles. The van der Waals surface area contributed by atoms with Gasteiger partial charge in [0.15, 0.2) is 5.82 Å². The first-order chi connectivity index (χ1) is 6.29. The Labute approximate surface area is 82.8 Å². The van der Waals surface area contributed by atoms with Gasteiger partial charge in [-0.1, -0.05) is 11.6 Å². The third kappa shape index (κ3) is 1.61. The highest BCUT2D eigenvalue weighted by atomic mass is 35.5. The summed E-state index contributed by atoms with van der Waals surface area (Å²) in [6, 6.07) is 0.549. The minimum atomic E-state index is 0.549. The van der Waals surface area contributed by atoms with Crippen LogP contribution in [0, 0.1) is 0 Å². The molecule has 1 aromatic heterocycles. The SMILES string of the molecule is CC1CCCN1c1ncncc1Cl. The van der Waals surface area contributed by atoms with Gasteiger partial charge in [0.05, 0.1) is 6.20 Å². The van der Waals surface area contributed by atoms with E-state index >= 15 is 0 Å². The van der Waals surface area contributed by atoms with E-state index in [1.807, 2.05) is 0 Å². The van der Waals surface area contributed by atoms with Gasteiger partial charge in [-0.15, -0.1) is 0 Å².